The van der Waals surface area contributed by atoms with Crippen molar-refractivity contribution in [3.8, 4) is 0 Å². The summed E-state index contributed by atoms with van der Waals surface area (Å²) in [6.45, 7) is 7.66. The van der Waals surface area contributed by atoms with Crippen LogP contribution in [0.25, 0.3) is 0 Å². The third-order valence-corrected chi connectivity index (χ3v) is 3.22. The normalized spacial score (nSPS) is 10.8. The van der Waals surface area contributed by atoms with Gasteiger partial charge in [0.25, 0.3) is 0 Å². The molecule has 0 aromatic carbocycles. The van der Waals surface area contributed by atoms with Gasteiger partial charge in [0.05, 0.1) is 0 Å². The molecule has 0 saturated carbocycles. The van der Waals surface area contributed by atoms with Gasteiger partial charge in [0.2, 0.25) is 0 Å². The van der Waals surface area contributed by atoms with Crippen molar-refractivity contribution in [1.82, 2.24) is 0 Å². The largest absolute Gasteiger partial charge is 0.382 e. The summed E-state index contributed by atoms with van der Waals surface area (Å²) in [5, 5.41) is 0. The van der Waals surface area contributed by atoms with E-state index in [0.29, 0.717) is 0 Å². The summed E-state index contributed by atoms with van der Waals surface area (Å²) in [4.78, 5) is 0. The van der Waals surface area contributed by atoms with Crippen molar-refractivity contribution >= 4 is 11.8 Å². The van der Waals surface area contributed by atoms with Crippen LogP contribution in [-0.2, 0) is 9.47 Å². The molecule has 0 unspecified atom stereocenters. The van der Waals surface area contributed by atoms with Crippen molar-refractivity contribution in [2.45, 2.75) is 39.5 Å². The van der Waals surface area contributed by atoms with Gasteiger partial charge in [-0.3, -0.25) is 0 Å². The average Bonchev–Trinajstić information content (AvgIpc) is 2.26. The second-order valence-corrected chi connectivity index (χ2v) is 4.65. The van der Waals surface area contributed by atoms with E-state index in [1.165, 1.54) is 37.2 Å². The molecular weight excluding hydrogens is 208 g/mol. The van der Waals surface area contributed by atoms with Crippen LogP contribution >= 0.6 is 11.8 Å². The fourth-order valence-electron chi connectivity index (χ4n) is 1.21. The van der Waals surface area contributed by atoms with Crippen molar-refractivity contribution in [2.75, 3.05) is 37.9 Å². The summed E-state index contributed by atoms with van der Waals surface area (Å²) in [7, 11) is 0. The molecule has 0 bridgehead atoms. The Balaban J connectivity index is 2.81. The lowest BCUT2D eigenvalue weighted by atomic mass is 10.3. The quantitative estimate of drug-likeness (QED) is 0.482. The molecule has 0 aliphatic carbocycles. The molecule has 0 N–H and O–H groups in total. The molecule has 0 radical (unpaired) electrons. The van der Waals surface area contributed by atoms with E-state index in [0.717, 1.165) is 26.4 Å². The lowest BCUT2D eigenvalue weighted by molar-refractivity contribution is 0.144. The van der Waals surface area contributed by atoms with Crippen molar-refractivity contribution in [3.63, 3.8) is 0 Å². The molecule has 15 heavy (non-hydrogen) atoms. The first-order valence-electron chi connectivity index (χ1n) is 6.15. The maximum absolute atomic E-state index is 5.28. The average molecular weight is 234 g/mol. The number of thioether (sulfide) groups is 1. The second kappa shape index (κ2) is 14.3. The number of hydrogen-bond donors (Lipinski definition) is 0. The smallest absolute Gasteiger partial charge is 0.0466 e. The molecule has 0 aliphatic rings. The number of hydrogen-bond acceptors (Lipinski definition) is 3. The van der Waals surface area contributed by atoms with E-state index >= 15 is 0 Å². The van der Waals surface area contributed by atoms with E-state index in [1.807, 2.05) is 13.8 Å². The van der Waals surface area contributed by atoms with Crippen molar-refractivity contribution in [1.29, 1.82) is 0 Å². The van der Waals surface area contributed by atoms with E-state index in [1.54, 1.807) is 0 Å². The van der Waals surface area contributed by atoms with Crippen LogP contribution in [0.3, 0.4) is 0 Å². The molecule has 92 valence electrons. The van der Waals surface area contributed by atoms with Crippen molar-refractivity contribution in [3.05, 3.63) is 0 Å². The van der Waals surface area contributed by atoms with Gasteiger partial charge in [-0.05, 0) is 51.0 Å². The van der Waals surface area contributed by atoms with E-state index in [9.17, 15) is 0 Å². The van der Waals surface area contributed by atoms with Gasteiger partial charge < -0.3 is 9.47 Å². The van der Waals surface area contributed by atoms with E-state index < -0.39 is 0 Å². The van der Waals surface area contributed by atoms with Crippen molar-refractivity contribution in [2.24, 2.45) is 0 Å². The standard InChI is InChI=1S/C12H26O2S/c1-3-13-9-5-7-11-15-12-8-6-10-14-4-2/h3-12H2,1-2H3. The van der Waals surface area contributed by atoms with E-state index in [2.05, 4.69) is 11.8 Å². The molecule has 0 saturated heterocycles. The van der Waals surface area contributed by atoms with Crippen LogP contribution in [0.1, 0.15) is 39.5 Å². The summed E-state index contributed by atoms with van der Waals surface area (Å²) < 4.78 is 10.6. The zero-order valence-electron chi connectivity index (χ0n) is 10.3. The summed E-state index contributed by atoms with van der Waals surface area (Å²) in [5.74, 6) is 2.56. The SMILES string of the molecule is CCOCCCCSCCCCOCC. The topological polar surface area (TPSA) is 18.5 Å². The Morgan fingerprint density at radius 1 is 0.733 bits per heavy atom. The van der Waals surface area contributed by atoms with Gasteiger partial charge in [0, 0.05) is 26.4 Å². The minimum absolute atomic E-state index is 0.852. The molecule has 0 spiro atoms. The molecule has 2 nitrogen and oxygen atoms in total. The maximum Gasteiger partial charge on any atom is 0.0466 e. The molecular formula is C12H26O2S. The Bertz CT molecular complexity index is 97.8. The van der Waals surface area contributed by atoms with Gasteiger partial charge >= 0.3 is 0 Å². The third-order valence-electron chi connectivity index (χ3n) is 2.06. The van der Waals surface area contributed by atoms with Gasteiger partial charge in [-0.25, -0.2) is 0 Å². The molecule has 0 atom stereocenters. The highest BCUT2D eigenvalue weighted by molar-refractivity contribution is 7.99. The van der Waals surface area contributed by atoms with Gasteiger partial charge in [-0.15, -0.1) is 0 Å². The maximum atomic E-state index is 5.28. The number of unbranched alkanes of at least 4 members (excludes halogenated alkanes) is 2. The summed E-state index contributed by atoms with van der Waals surface area (Å²) in [6.07, 6.45) is 4.99. The Morgan fingerprint density at radius 2 is 1.20 bits per heavy atom. The predicted molar refractivity (Wildman–Crippen MR) is 68.8 cm³/mol. The zero-order valence-corrected chi connectivity index (χ0v) is 11.1. The lowest BCUT2D eigenvalue weighted by Gasteiger charge is -2.03. The van der Waals surface area contributed by atoms with Crippen molar-refractivity contribution < 1.29 is 9.47 Å². The van der Waals surface area contributed by atoms with E-state index in [-0.39, 0.29) is 0 Å². The minimum Gasteiger partial charge on any atom is -0.382 e. The van der Waals surface area contributed by atoms with Crippen LogP contribution in [0.4, 0.5) is 0 Å². The summed E-state index contributed by atoms with van der Waals surface area (Å²) in [5.41, 5.74) is 0. The second-order valence-electron chi connectivity index (χ2n) is 3.42. The molecule has 0 heterocycles. The van der Waals surface area contributed by atoms with Crippen LogP contribution in [0.15, 0.2) is 0 Å². The van der Waals surface area contributed by atoms with Gasteiger partial charge in [0.1, 0.15) is 0 Å². The van der Waals surface area contributed by atoms with Crippen LogP contribution in [0, 0.1) is 0 Å². The third kappa shape index (κ3) is 14.3. The molecule has 0 aromatic heterocycles. The van der Waals surface area contributed by atoms with Crippen LogP contribution in [0.2, 0.25) is 0 Å². The Hall–Kier alpha value is 0.270. The Morgan fingerprint density at radius 3 is 1.60 bits per heavy atom. The lowest BCUT2D eigenvalue weighted by Crippen LogP contribution is -1.96. The Kier molecular flexibility index (Phi) is 14.5. The predicted octanol–water partition coefficient (Wildman–Crippen LogP) is 3.35. The summed E-state index contributed by atoms with van der Waals surface area (Å²) in [6, 6.07) is 0. The molecule has 3 heteroatoms. The molecule has 0 aromatic rings. The van der Waals surface area contributed by atoms with Crippen LogP contribution < -0.4 is 0 Å². The number of ether oxygens (including phenoxy) is 2. The highest BCUT2D eigenvalue weighted by Crippen LogP contribution is 2.07. The fraction of sp³-hybridized carbons (Fsp3) is 1.00. The monoisotopic (exact) mass is 234 g/mol. The van der Waals surface area contributed by atoms with Gasteiger partial charge in [0.15, 0.2) is 0 Å². The highest BCUT2D eigenvalue weighted by atomic mass is 32.2. The molecule has 0 rings (SSSR count). The first-order chi connectivity index (χ1) is 7.41. The zero-order chi connectivity index (χ0) is 11.2. The van der Waals surface area contributed by atoms with Crippen LogP contribution in [-0.4, -0.2) is 37.9 Å². The Labute approximate surface area is 99.1 Å². The van der Waals surface area contributed by atoms with E-state index in [4.69, 9.17) is 9.47 Å². The highest BCUT2D eigenvalue weighted by Gasteiger charge is 1.92. The number of rotatable bonds is 12. The minimum atomic E-state index is 0.852. The van der Waals surface area contributed by atoms with Gasteiger partial charge in [-0.1, -0.05) is 0 Å². The van der Waals surface area contributed by atoms with Crippen LogP contribution in [0.5, 0.6) is 0 Å². The fourth-order valence-corrected chi connectivity index (χ4v) is 2.23. The summed E-state index contributed by atoms with van der Waals surface area (Å²) >= 11 is 2.06. The molecule has 0 amide bonds. The molecule has 0 fully saturated rings. The molecule has 0 aliphatic heterocycles. The first kappa shape index (κ1) is 15.3. The van der Waals surface area contributed by atoms with Gasteiger partial charge in [-0.2, -0.15) is 11.8 Å². The first-order valence-corrected chi connectivity index (χ1v) is 7.30.